The molecule has 2 fully saturated rings. The lowest BCUT2D eigenvalue weighted by Gasteiger charge is -2.42. The molecule has 2 N–H and O–H groups in total. The van der Waals surface area contributed by atoms with Crippen LogP contribution in [0.3, 0.4) is 0 Å². The number of rotatable bonds is 6. The van der Waals surface area contributed by atoms with Crippen LogP contribution in [0.5, 0.6) is 0 Å². The Bertz CT molecular complexity index is 925. The summed E-state index contributed by atoms with van der Waals surface area (Å²) < 4.78 is 77.8. The van der Waals surface area contributed by atoms with Gasteiger partial charge in [-0.15, -0.1) is 6.58 Å². The molecule has 0 spiro atoms. The van der Waals surface area contributed by atoms with E-state index in [1.165, 1.54) is 11.1 Å². The minimum absolute atomic E-state index is 0.0352. The highest BCUT2D eigenvalue weighted by molar-refractivity contribution is 5.35. The Hall–Kier alpha value is -1.80. The molecule has 0 saturated heterocycles. The lowest BCUT2D eigenvalue weighted by molar-refractivity contribution is -0.347. The molecule has 3 aliphatic carbocycles. The van der Waals surface area contributed by atoms with E-state index in [0.29, 0.717) is 6.42 Å². The van der Waals surface area contributed by atoms with E-state index in [4.69, 9.17) is 0 Å². The highest BCUT2D eigenvalue weighted by atomic mass is 19.4. The monoisotopic (exact) mass is 518 g/mol. The molecule has 3 aliphatic rings. The summed E-state index contributed by atoms with van der Waals surface area (Å²) in [7, 11) is 0. The van der Waals surface area contributed by atoms with Gasteiger partial charge in [-0.05, 0) is 80.6 Å². The minimum atomic E-state index is -5.85. The molecule has 0 radical (unpaired) electrons. The molecule has 0 aliphatic heterocycles. The maximum absolute atomic E-state index is 13.0. The van der Waals surface area contributed by atoms with Crippen LogP contribution in [0, 0.1) is 23.2 Å². The first kappa shape index (κ1) is 28.8. The van der Waals surface area contributed by atoms with Crippen LogP contribution in [0.25, 0.3) is 0 Å². The molecule has 36 heavy (non-hydrogen) atoms. The van der Waals surface area contributed by atoms with Gasteiger partial charge in [0.2, 0.25) is 0 Å². The first-order chi connectivity index (χ1) is 16.6. The number of hydrogen-bond donors (Lipinski definition) is 2. The average molecular weight is 519 g/mol. The Morgan fingerprint density at radius 3 is 2.42 bits per heavy atom. The number of aliphatic hydroxyl groups excluding tert-OH is 1. The highest BCUT2D eigenvalue weighted by Gasteiger charge is 2.68. The van der Waals surface area contributed by atoms with Crippen molar-refractivity contribution in [2.45, 2.75) is 89.3 Å². The molecule has 0 aromatic heterocycles. The van der Waals surface area contributed by atoms with Crippen LogP contribution < -0.4 is 0 Å². The highest BCUT2D eigenvalue weighted by Crippen LogP contribution is 2.57. The largest absolute Gasteiger partial charge is 0.429 e. The van der Waals surface area contributed by atoms with Gasteiger partial charge in [-0.25, -0.2) is 0 Å². The first-order valence-corrected chi connectivity index (χ1v) is 12.6. The Morgan fingerprint density at radius 1 is 1.14 bits per heavy atom. The van der Waals surface area contributed by atoms with E-state index in [9.17, 15) is 36.6 Å². The molecular formula is C28H36F6O2. The molecule has 0 heterocycles. The van der Waals surface area contributed by atoms with Crippen LogP contribution in [0.1, 0.15) is 65.2 Å². The zero-order chi connectivity index (χ0) is 26.9. The van der Waals surface area contributed by atoms with E-state index >= 15 is 0 Å². The second kappa shape index (κ2) is 10.5. The first-order valence-electron chi connectivity index (χ1n) is 12.6. The van der Waals surface area contributed by atoms with Gasteiger partial charge in [-0.3, -0.25) is 0 Å². The van der Waals surface area contributed by atoms with Crippen molar-refractivity contribution in [3.63, 3.8) is 0 Å². The zero-order valence-electron chi connectivity index (χ0n) is 20.8. The van der Waals surface area contributed by atoms with Crippen LogP contribution in [0.2, 0.25) is 0 Å². The fraction of sp³-hybridized carbons (Fsp3) is 0.643. The predicted octanol–water partition coefficient (Wildman–Crippen LogP) is 7.76. The lowest BCUT2D eigenvalue weighted by atomic mass is 9.62. The van der Waals surface area contributed by atoms with Gasteiger partial charge in [-0.1, -0.05) is 60.9 Å². The Balaban J connectivity index is 1.74. The number of alkyl halides is 6. The molecule has 1 unspecified atom stereocenters. The summed E-state index contributed by atoms with van der Waals surface area (Å²) in [6.45, 7) is 7.79. The van der Waals surface area contributed by atoms with Gasteiger partial charge >= 0.3 is 12.4 Å². The van der Waals surface area contributed by atoms with Crippen LogP contribution in [0.15, 0.2) is 59.8 Å². The third-order valence-corrected chi connectivity index (χ3v) is 8.32. The topological polar surface area (TPSA) is 40.5 Å². The van der Waals surface area contributed by atoms with Gasteiger partial charge in [0, 0.05) is 0 Å². The van der Waals surface area contributed by atoms with E-state index in [1.807, 2.05) is 13.0 Å². The number of fused-ring (bicyclic) bond motifs is 1. The molecular weight excluding hydrogens is 482 g/mol. The van der Waals surface area contributed by atoms with E-state index in [-0.39, 0.29) is 41.8 Å². The van der Waals surface area contributed by atoms with Crippen LogP contribution in [-0.4, -0.2) is 34.3 Å². The maximum Gasteiger partial charge on any atom is 0.429 e. The molecule has 2 saturated carbocycles. The van der Waals surface area contributed by atoms with Gasteiger partial charge in [0.15, 0.2) is 0 Å². The lowest BCUT2D eigenvalue weighted by Crippen LogP contribution is -2.55. The summed E-state index contributed by atoms with van der Waals surface area (Å²) >= 11 is 0. The number of aliphatic hydroxyl groups is 2. The number of allylic oxidation sites excluding steroid dienone is 7. The Labute approximate surface area is 209 Å². The van der Waals surface area contributed by atoms with Crippen molar-refractivity contribution in [2.75, 3.05) is 0 Å². The Kier molecular flexibility index (Phi) is 8.41. The molecule has 3 rings (SSSR count). The molecule has 0 aromatic carbocycles. The third-order valence-electron chi connectivity index (χ3n) is 8.32. The number of halogens is 6. The molecule has 0 aromatic rings. The SMILES string of the molecule is C=C[C@@H]1C/C(=C/C=C2\CCC[C@]3(C)C([C@H](C)C/C=C\C(O)(C(F)(F)F)C(F)(F)F)=CCC23)C[C@@H](O)C1. The zero-order valence-corrected chi connectivity index (χ0v) is 20.8. The Morgan fingerprint density at radius 2 is 1.81 bits per heavy atom. The summed E-state index contributed by atoms with van der Waals surface area (Å²) in [5, 5.41) is 19.5. The van der Waals surface area contributed by atoms with Gasteiger partial charge in [-0.2, -0.15) is 26.3 Å². The molecule has 5 atom stereocenters. The van der Waals surface area contributed by atoms with Crippen molar-refractivity contribution in [1.82, 2.24) is 0 Å². The normalized spacial score (nSPS) is 33.2. The molecule has 202 valence electrons. The van der Waals surface area contributed by atoms with Crippen LogP contribution in [-0.2, 0) is 0 Å². The van der Waals surface area contributed by atoms with Crippen molar-refractivity contribution >= 4 is 0 Å². The standard InChI is InChI=1S/C28H36F6O2/c1-4-19-15-20(17-22(35)16-19)9-10-21-8-6-13-25(3)23(11-12-24(21)25)18(2)7-5-14-26(36,27(29,30)31)28(32,33)34/h4-5,9-11,14,18-19,22,24,35-36H,1,6-8,12-13,15-17H2,2-3H3/b14-5-,20-9-,21-10+/t18-,19-,22+,24?,25-/m1/s1. The van der Waals surface area contributed by atoms with E-state index in [1.54, 1.807) is 0 Å². The summed E-state index contributed by atoms with van der Waals surface area (Å²) in [4.78, 5) is 0. The fourth-order valence-electron chi connectivity index (χ4n) is 6.31. The van der Waals surface area contributed by atoms with Crippen molar-refractivity contribution in [2.24, 2.45) is 23.2 Å². The van der Waals surface area contributed by atoms with Gasteiger partial charge < -0.3 is 10.2 Å². The quantitative estimate of drug-likeness (QED) is 0.279. The third kappa shape index (κ3) is 5.69. The molecule has 8 heteroatoms. The predicted molar refractivity (Wildman–Crippen MR) is 128 cm³/mol. The molecule has 0 amide bonds. The second-order valence-electron chi connectivity index (χ2n) is 10.9. The average Bonchev–Trinajstić information content (AvgIpc) is 3.13. The minimum Gasteiger partial charge on any atom is -0.393 e. The summed E-state index contributed by atoms with van der Waals surface area (Å²) in [6, 6.07) is 0. The van der Waals surface area contributed by atoms with Crippen LogP contribution >= 0.6 is 0 Å². The molecule has 0 bridgehead atoms. The fourth-order valence-corrected chi connectivity index (χ4v) is 6.31. The smallest absolute Gasteiger partial charge is 0.393 e. The summed E-state index contributed by atoms with van der Waals surface area (Å²) in [6.07, 6.45) is 2.58. The van der Waals surface area contributed by atoms with E-state index in [2.05, 4.69) is 31.7 Å². The maximum atomic E-state index is 13.0. The van der Waals surface area contributed by atoms with E-state index < -0.39 is 18.0 Å². The van der Waals surface area contributed by atoms with Crippen molar-refractivity contribution < 1.29 is 36.6 Å². The van der Waals surface area contributed by atoms with Crippen molar-refractivity contribution in [1.29, 1.82) is 0 Å². The summed E-state index contributed by atoms with van der Waals surface area (Å²) in [5.74, 6) is 0.230. The number of hydrogen-bond acceptors (Lipinski definition) is 2. The summed E-state index contributed by atoms with van der Waals surface area (Å²) in [5.41, 5.74) is -1.54. The second-order valence-corrected chi connectivity index (χ2v) is 10.9. The van der Waals surface area contributed by atoms with Crippen molar-refractivity contribution in [3.05, 3.63) is 59.8 Å². The van der Waals surface area contributed by atoms with Crippen LogP contribution in [0.4, 0.5) is 26.3 Å². The van der Waals surface area contributed by atoms with Gasteiger partial charge in [0.25, 0.3) is 5.60 Å². The van der Waals surface area contributed by atoms with Gasteiger partial charge in [0.05, 0.1) is 6.10 Å². The van der Waals surface area contributed by atoms with Crippen molar-refractivity contribution in [3.8, 4) is 0 Å². The van der Waals surface area contributed by atoms with E-state index in [0.717, 1.165) is 50.2 Å². The van der Waals surface area contributed by atoms with Gasteiger partial charge in [0.1, 0.15) is 0 Å². The molecule has 2 nitrogen and oxygen atoms in total.